The Bertz CT molecular complexity index is 1030. The molecule has 1 amide bonds. The van der Waals surface area contributed by atoms with Gasteiger partial charge in [-0.1, -0.05) is 28.9 Å². The Morgan fingerprint density at radius 3 is 2.66 bits per heavy atom. The van der Waals surface area contributed by atoms with Crippen molar-refractivity contribution >= 4 is 11.6 Å². The van der Waals surface area contributed by atoms with Crippen molar-refractivity contribution in [3.8, 4) is 17.2 Å². The molecule has 150 valence electrons. The number of ether oxygens (including phenoxy) is 1. The Morgan fingerprint density at radius 2 is 1.93 bits per heavy atom. The number of aromatic nitrogens is 2. The molecule has 0 saturated carbocycles. The molecule has 0 unspecified atom stereocenters. The van der Waals surface area contributed by atoms with Gasteiger partial charge in [0, 0.05) is 30.1 Å². The summed E-state index contributed by atoms with van der Waals surface area (Å²) in [6.45, 7) is 2.37. The first kappa shape index (κ1) is 19.0. The van der Waals surface area contributed by atoms with E-state index in [1.165, 1.54) is 18.2 Å². The summed E-state index contributed by atoms with van der Waals surface area (Å²) in [6.07, 6.45) is -4.56. The van der Waals surface area contributed by atoms with Crippen LogP contribution < -0.4 is 9.64 Å². The van der Waals surface area contributed by atoms with E-state index in [1.54, 1.807) is 11.0 Å². The number of nitrogens with zero attached hydrogens (tertiary/aromatic N) is 3. The summed E-state index contributed by atoms with van der Waals surface area (Å²) >= 11 is 0. The van der Waals surface area contributed by atoms with E-state index in [4.69, 9.17) is 4.52 Å². The Labute approximate surface area is 163 Å². The molecule has 0 spiro atoms. The lowest BCUT2D eigenvalue weighted by Crippen LogP contribution is -2.24. The molecule has 1 aliphatic rings. The zero-order chi connectivity index (χ0) is 20.6. The largest absolute Gasteiger partial charge is 0.573 e. The highest BCUT2D eigenvalue weighted by atomic mass is 19.4. The van der Waals surface area contributed by atoms with Gasteiger partial charge in [0.25, 0.3) is 5.89 Å². The molecule has 3 aromatic rings. The molecule has 1 fully saturated rings. The molecule has 1 aliphatic heterocycles. The summed E-state index contributed by atoms with van der Waals surface area (Å²) in [4.78, 5) is 18.4. The number of hydrogen-bond donors (Lipinski definition) is 0. The predicted molar refractivity (Wildman–Crippen MR) is 97.3 cm³/mol. The van der Waals surface area contributed by atoms with Crippen molar-refractivity contribution < 1.29 is 27.2 Å². The lowest BCUT2D eigenvalue weighted by molar-refractivity contribution is -0.274. The van der Waals surface area contributed by atoms with Crippen LogP contribution in [0.2, 0.25) is 0 Å². The number of halogens is 3. The number of benzene rings is 2. The van der Waals surface area contributed by atoms with E-state index < -0.39 is 6.36 Å². The molecule has 4 rings (SSSR count). The van der Waals surface area contributed by atoms with Gasteiger partial charge in [-0.3, -0.25) is 4.79 Å². The van der Waals surface area contributed by atoms with Gasteiger partial charge < -0.3 is 14.2 Å². The lowest BCUT2D eigenvalue weighted by atomic mass is 10.1. The van der Waals surface area contributed by atoms with Crippen LogP contribution in [-0.2, 0) is 4.79 Å². The van der Waals surface area contributed by atoms with Gasteiger partial charge in [0.05, 0.1) is 0 Å². The maximum atomic E-state index is 12.4. The zero-order valence-electron chi connectivity index (χ0n) is 15.3. The molecule has 0 aliphatic carbocycles. The quantitative estimate of drug-likeness (QED) is 0.643. The van der Waals surface area contributed by atoms with Crippen LogP contribution in [0, 0.1) is 6.92 Å². The molecule has 2 heterocycles. The van der Waals surface area contributed by atoms with Crippen molar-refractivity contribution in [2.45, 2.75) is 25.6 Å². The smallest absolute Gasteiger partial charge is 0.406 e. The molecule has 1 atom stereocenters. The highest BCUT2D eigenvalue weighted by molar-refractivity contribution is 5.96. The standard InChI is InChI=1S/C20H16F3N3O3/c1-12-5-7-15(8-6-12)26-11-14(10-17(26)27)18-24-19(29-25-18)13-3-2-4-16(9-13)28-20(21,22)23/h2-9,14H,10-11H2,1H3/t14-/m1/s1. The maximum Gasteiger partial charge on any atom is 0.573 e. The van der Waals surface area contributed by atoms with Gasteiger partial charge in [0.2, 0.25) is 5.91 Å². The van der Waals surface area contributed by atoms with Crippen molar-refractivity contribution in [3.05, 3.63) is 59.9 Å². The fraction of sp³-hybridized carbons (Fsp3) is 0.250. The topological polar surface area (TPSA) is 68.5 Å². The summed E-state index contributed by atoms with van der Waals surface area (Å²) in [6, 6.07) is 12.9. The lowest BCUT2D eigenvalue weighted by Gasteiger charge is -2.16. The van der Waals surface area contributed by atoms with E-state index in [2.05, 4.69) is 14.9 Å². The average molecular weight is 403 g/mol. The molecule has 2 aromatic carbocycles. The molecule has 6 nitrogen and oxygen atoms in total. The third-order valence-electron chi connectivity index (χ3n) is 4.59. The normalized spacial score (nSPS) is 17.0. The minimum absolute atomic E-state index is 0.0502. The monoisotopic (exact) mass is 403 g/mol. The van der Waals surface area contributed by atoms with E-state index in [1.807, 2.05) is 31.2 Å². The van der Waals surface area contributed by atoms with E-state index in [-0.39, 0.29) is 29.9 Å². The van der Waals surface area contributed by atoms with Gasteiger partial charge in [-0.15, -0.1) is 13.2 Å². The second-order valence-corrected chi connectivity index (χ2v) is 6.77. The Kier molecular flexibility index (Phi) is 4.73. The maximum absolute atomic E-state index is 12.4. The van der Waals surface area contributed by atoms with E-state index in [0.717, 1.165) is 11.3 Å². The minimum atomic E-state index is -4.79. The first-order valence-corrected chi connectivity index (χ1v) is 8.85. The highest BCUT2D eigenvalue weighted by Crippen LogP contribution is 2.32. The highest BCUT2D eigenvalue weighted by Gasteiger charge is 2.35. The average Bonchev–Trinajstić information content (AvgIpc) is 3.28. The van der Waals surface area contributed by atoms with E-state index in [0.29, 0.717) is 17.9 Å². The summed E-state index contributed by atoms with van der Waals surface area (Å²) in [5, 5.41) is 3.93. The van der Waals surface area contributed by atoms with Crippen molar-refractivity contribution in [2.75, 3.05) is 11.4 Å². The fourth-order valence-electron chi connectivity index (χ4n) is 3.20. The van der Waals surface area contributed by atoms with Crippen molar-refractivity contribution in [1.82, 2.24) is 10.1 Å². The third-order valence-corrected chi connectivity index (χ3v) is 4.59. The molecular formula is C20H16F3N3O3. The Balaban J connectivity index is 1.52. The first-order chi connectivity index (χ1) is 13.8. The summed E-state index contributed by atoms with van der Waals surface area (Å²) in [5.41, 5.74) is 2.19. The summed E-state index contributed by atoms with van der Waals surface area (Å²) in [7, 11) is 0. The van der Waals surface area contributed by atoms with Gasteiger partial charge in [-0.05, 0) is 37.3 Å². The number of anilines is 1. The Hall–Kier alpha value is -3.36. The predicted octanol–water partition coefficient (Wildman–Crippen LogP) is 4.46. The van der Waals surface area contributed by atoms with Crippen LogP contribution in [0.15, 0.2) is 53.1 Å². The van der Waals surface area contributed by atoms with Gasteiger partial charge in [0.15, 0.2) is 5.82 Å². The van der Waals surface area contributed by atoms with Crippen molar-refractivity contribution in [2.24, 2.45) is 0 Å². The number of aryl methyl sites for hydroxylation is 1. The van der Waals surface area contributed by atoms with Crippen LogP contribution in [0.3, 0.4) is 0 Å². The molecule has 0 bridgehead atoms. The van der Waals surface area contributed by atoms with Crippen LogP contribution in [0.5, 0.6) is 5.75 Å². The van der Waals surface area contributed by atoms with Crippen LogP contribution in [-0.4, -0.2) is 29.0 Å². The molecule has 0 N–H and O–H groups in total. The fourth-order valence-corrected chi connectivity index (χ4v) is 3.20. The molecule has 1 aromatic heterocycles. The van der Waals surface area contributed by atoms with E-state index >= 15 is 0 Å². The van der Waals surface area contributed by atoms with Crippen molar-refractivity contribution in [1.29, 1.82) is 0 Å². The molecule has 9 heteroatoms. The zero-order valence-corrected chi connectivity index (χ0v) is 15.3. The Morgan fingerprint density at radius 1 is 1.17 bits per heavy atom. The SMILES string of the molecule is Cc1ccc(N2C[C@H](c3noc(-c4cccc(OC(F)(F)F)c4)n3)CC2=O)cc1. The second-order valence-electron chi connectivity index (χ2n) is 6.77. The minimum Gasteiger partial charge on any atom is -0.406 e. The number of alkyl halides is 3. The third kappa shape index (κ3) is 4.23. The van der Waals surface area contributed by atoms with Gasteiger partial charge >= 0.3 is 6.36 Å². The van der Waals surface area contributed by atoms with Crippen LogP contribution in [0.1, 0.15) is 23.7 Å². The molecular weight excluding hydrogens is 387 g/mol. The number of amides is 1. The van der Waals surface area contributed by atoms with Crippen LogP contribution in [0.25, 0.3) is 11.5 Å². The molecule has 29 heavy (non-hydrogen) atoms. The van der Waals surface area contributed by atoms with Crippen LogP contribution in [0.4, 0.5) is 18.9 Å². The second kappa shape index (κ2) is 7.23. The van der Waals surface area contributed by atoms with E-state index in [9.17, 15) is 18.0 Å². The van der Waals surface area contributed by atoms with Gasteiger partial charge in [-0.2, -0.15) is 4.98 Å². The summed E-state index contributed by atoms with van der Waals surface area (Å²) in [5.74, 6) is -0.294. The van der Waals surface area contributed by atoms with Gasteiger partial charge in [0.1, 0.15) is 5.75 Å². The number of carbonyl (C=O) groups is 1. The van der Waals surface area contributed by atoms with Crippen molar-refractivity contribution in [3.63, 3.8) is 0 Å². The number of hydrogen-bond acceptors (Lipinski definition) is 5. The van der Waals surface area contributed by atoms with Gasteiger partial charge in [-0.25, -0.2) is 0 Å². The summed E-state index contributed by atoms with van der Waals surface area (Å²) < 4.78 is 46.4. The number of carbonyl (C=O) groups excluding carboxylic acids is 1. The first-order valence-electron chi connectivity index (χ1n) is 8.85. The number of rotatable bonds is 4. The molecule has 1 saturated heterocycles. The van der Waals surface area contributed by atoms with Crippen LogP contribution >= 0.6 is 0 Å². The molecule has 0 radical (unpaired) electrons.